The summed E-state index contributed by atoms with van der Waals surface area (Å²) >= 11 is 12.0. The Hall–Kier alpha value is -1.51. The third-order valence-corrected chi connectivity index (χ3v) is 3.32. The summed E-state index contributed by atoms with van der Waals surface area (Å²) in [4.78, 5) is 12.5. The maximum Gasteiger partial charge on any atom is 0.198 e. The molecule has 0 aliphatic rings. The van der Waals surface area contributed by atoms with E-state index in [9.17, 15) is 4.79 Å². The maximum atomic E-state index is 12.5. The average molecular weight is 295 g/mol. The maximum absolute atomic E-state index is 12.5. The van der Waals surface area contributed by atoms with Crippen LogP contribution < -0.4 is 4.74 Å². The number of carbonyl (C=O) groups excluding carboxylic acids is 1. The van der Waals surface area contributed by atoms with Gasteiger partial charge in [0.1, 0.15) is 5.75 Å². The van der Waals surface area contributed by atoms with Crippen LogP contribution in [0.15, 0.2) is 36.4 Å². The lowest BCUT2D eigenvalue weighted by atomic mass is 10.0. The molecule has 0 aliphatic heterocycles. The molecule has 0 radical (unpaired) electrons. The van der Waals surface area contributed by atoms with Crippen LogP contribution in [0.25, 0.3) is 0 Å². The van der Waals surface area contributed by atoms with E-state index in [1.54, 1.807) is 30.3 Å². The molecule has 0 spiro atoms. The third-order valence-electron chi connectivity index (χ3n) is 2.78. The number of ether oxygens (including phenoxy) is 1. The number of carbonyl (C=O) groups is 1. The number of benzene rings is 2. The number of ketones is 1. The van der Waals surface area contributed by atoms with Gasteiger partial charge in [0.25, 0.3) is 0 Å². The minimum absolute atomic E-state index is 0.204. The molecule has 4 heteroatoms. The number of methoxy groups -OCH3 is 1. The lowest BCUT2D eigenvalue weighted by molar-refractivity contribution is 0.103. The van der Waals surface area contributed by atoms with Crippen LogP contribution in [-0.4, -0.2) is 12.9 Å². The highest BCUT2D eigenvalue weighted by Crippen LogP contribution is 2.28. The molecule has 0 saturated carbocycles. The van der Waals surface area contributed by atoms with Crippen LogP contribution in [0.1, 0.15) is 21.5 Å². The van der Waals surface area contributed by atoms with Crippen molar-refractivity contribution >= 4 is 29.0 Å². The first-order valence-electron chi connectivity index (χ1n) is 5.67. The van der Waals surface area contributed by atoms with Crippen molar-refractivity contribution in [3.8, 4) is 5.75 Å². The van der Waals surface area contributed by atoms with Crippen LogP contribution in [0.5, 0.6) is 5.75 Å². The fourth-order valence-electron chi connectivity index (χ4n) is 1.81. The first-order valence-corrected chi connectivity index (χ1v) is 6.43. The molecule has 2 aromatic carbocycles. The molecule has 0 unspecified atom stereocenters. The Labute approximate surface area is 121 Å². The third kappa shape index (κ3) is 2.91. The predicted molar refractivity (Wildman–Crippen MR) is 77.6 cm³/mol. The van der Waals surface area contributed by atoms with E-state index in [0.717, 1.165) is 5.56 Å². The molecule has 2 rings (SSSR count). The van der Waals surface area contributed by atoms with Gasteiger partial charge in [-0.05, 0) is 42.8 Å². The molecule has 0 amide bonds. The van der Waals surface area contributed by atoms with Crippen molar-refractivity contribution in [3.63, 3.8) is 0 Å². The molecule has 0 saturated heterocycles. The molecule has 2 aromatic rings. The van der Waals surface area contributed by atoms with Crippen LogP contribution in [0, 0.1) is 6.92 Å². The summed E-state index contributed by atoms with van der Waals surface area (Å²) in [7, 11) is 1.51. The highest BCUT2D eigenvalue weighted by atomic mass is 35.5. The van der Waals surface area contributed by atoms with Crippen molar-refractivity contribution < 1.29 is 9.53 Å². The van der Waals surface area contributed by atoms with Gasteiger partial charge in [-0.2, -0.15) is 0 Å². The zero-order chi connectivity index (χ0) is 14.0. The quantitative estimate of drug-likeness (QED) is 0.777. The molecular weight excluding hydrogens is 283 g/mol. The van der Waals surface area contributed by atoms with Gasteiger partial charge in [-0.1, -0.05) is 29.3 Å². The first-order chi connectivity index (χ1) is 9.02. The largest absolute Gasteiger partial charge is 0.496 e. The number of hydrogen-bond donors (Lipinski definition) is 0. The zero-order valence-corrected chi connectivity index (χ0v) is 12.0. The SMILES string of the molecule is COc1ccc(Cl)cc1C(=O)c1ccc(C)cc1Cl. The lowest BCUT2D eigenvalue weighted by Crippen LogP contribution is -2.05. The standard InChI is InChI=1S/C15H12Cl2O2/c1-9-3-5-11(13(17)7-9)15(18)12-8-10(16)4-6-14(12)19-2/h3-8H,1-2H3. The van der Waals surface area contributed by atoms with Gasteiger partial charge in [0.15, 0.2) is 5.78 Å². The highest BCUT2D eigenvalue weighted by Gasteiger charge is 2.17. The van der Waals surface area contributed by atoms with E-state index in [1.807, 2.05) is 13.0 Å². The molecule has 0 heterocycles. The predicted octanol–water partition coefficient (Wildman–Crippen LogP) is 4.54. The minimum atomic E-state index is -0.204. The molecule has 0 atom stereocenters. The normalized spacial score (nSPS) is 10.3. The van der Waals surface area contributed by atoms with Gasteiger partial charge in [0, 0.05) is 10.6 Å². The van der Waals surface area contributed by atoms with Crippen molar-refractivity contribution in [1.29, 1.82) is 0 Å². The molecule has 98 valence electrons. The van der Waals surface area contributed by atoms with Crippen LogP contribution >= 0.6 is 23.2 Å². The lowest BCUT2D eigenvalue weighted by Gasteiger charge is -2.09. The van der Waals surface area contributed by atoms with Gasteiger partial charge in [-0.25, -0.2) is 0 Å². The molecule has 0 fully saturated rings. The molecule has 0 aliphatic carbocycles. The zero-order valence-electron chi connectivity index (χ0n) is 10.5. The van der Waals surface area contributed by atoms with Crippen LogP contribution in [-0.2, 0) is 0 Å². The number of aryl methyl sites for hydroxylation is 1. The van der Waals surface area contributed by atoms with E-state index in [-0.39, 0.29) is 5.78 Å². The Balaban J connectivity index is 2.52. The van der Waals surface area contributed by atoms with Crippen LogP contribution in [0.3, 0.4) is 0 Å². The summed E-state index contributed by atoms with van der Waals surface area (Å²) in [5.74, 6) is 0.274. The summed E-state index contributed by atoms with van der Waals surface area (Å²) in [5.41, 5.74) is 1.84. The fraction of sp³-hybridized carbons (Fsp3) is 0.133. The van der Waals surface area contributed by atoms with E-state index in [0.29, 0.717) is 26.9 Å². The highest BCUT2D eigenvalue weighted by molar-refractivity contribution is 6.35. The Morgan fingerprint density at radius 3 is 2.42 bits per heavy atom. The average Bonchev–Trinajstić information content (AvgIpc) is 2.38. The van der Waals surface area contributed by atoms with Crippen molar-refractivity contribution in [1.82, 2.24) is 0 Å². The van der Waals surface area contributed by atoms with Gasteiger partial charge in [-0.15, -0.1) is 0 Å². The van der Waals surface area contributed by atoms with Crippen LogP contribution in [0.4, 0.5) is 0 Å². The number of rotatable bonds is 3. The van der Waals surface area contributed by atoms with Crippen molar-refractivity contribution in [2.45, 2.75) is 6.92 Å². The van der Waals surface area contributed by atoms with Crippen molar-refractivity contribution in [2.24, 2.45) is 0 Å². The summed E-state index contributed by atoms with van der Waals surface area (Å²) in [6.07, 6.45) is 0. The van der Waals surface area contributed by atoms with Gasteiger partial charge in [-0.3, -0.25) is 4.79 Å². The Kier molecular flexibility index (Phi) is 4.13. The number of hydrogen-bond acceptors (Lipinski definition) is 2. The summed E-state index contributed by atoms with van der Waals surface area (Å²) < 4.78 is 5.18. The Bertz CT molecular complexity index is 636. The second-order valence-corrected chi connectivity index (χ2v) is 5.00. The monoisotopic (exact) mass is 294 g/mol. The fourth-order valence-corrected chi connectivity index (χ4v) is 2.30. The minimum Gasteiger partial charge on any atom is -0.496 e. The van der Waals surface area contributed by atoms with Gasteiger partial charge in [0.2, 0.25) is 0 Å². The summed E-state index contributed by atoms with van der Waals surface area (Å²) in [6.45, 7) is 1.92. The summed E-state index contributed by atoms with van der Waals surface area (Å²) in [6, 6.07) is 10.2. The number of halogens is 2. The van der Waals surface area contributed by atoms with E-state index < -0.39 is 0 Å². The van der Waals surface area contributed by atoms with Crippen molar-refractivity contribution in [2.75, 3.05) is 7.11 Å². The van der Waals surface area contributed by atoms with Crippen LogP contribution in [0.2, 0.25) is 10.0 Å². The van der Waals surface area contributed by atoms with E-state index in [1.165, 1.54) is 7.11 Å². The van der Waals surface area contributed by atoms with E-state index in [4.69, 9.17) is 27.9 Å². The van der Waals surface area contributed by atoms with Gasteiger partial charge < -0.3 is 4.74 Å². The topological polar surface area (TPSA) is 26.3 Å². The summed E-state index contributed by atoms with van der Waals surface area (Å²) in [5, 5.41) is 0.902. The van der Waals surface area contributed by atoms with Crippen molar-refractivity contribution in [3.05, 3.63) is 63.1 Å². The smallest absolute Gasteiger partial charge is 0.198 e. The Morgan fingerprint density at radius 2 is 1.79 bits per heavy atom. The Morgan fingerprint density at radius 1 is 1.05 bits per heavy atom. The second kappa shape index (κ2) is 5.64. The van der Waals surface area contributed by atoms with Gasteiger partial charge in [0.05, 0.1) is 17.7 Å². The first kappa shape index (κ1) is 13.9. The second-order valence-electron chi connectivity index (χ2n) is 4.16. The van der Waals surface area contributed by atoms with Gasteiger partial charge >= 0.3 is 0 Å². The van der Waals surface area contributed by atoms with E-state index >= 15 is 0 Å². The molecule has 0 aromatic heterocycles. The molecule has 0 N–H and O–H groups in total. The van der Waals surface area contributed by atoms with E-state index in [2.05, 4.69) is 0 Å². The molecule has 2 nitrogen and oxygen atoms in total. The molecule has 19 heavy (non-hydrogen) atoms. The molecular formula is C15H12Cl2O2. The molecule has 0 bridgehead atoms.